The first-order valence-corrected chi connectivity index (χ1v) is 10.9. The predicted molar refractivity (Wildman–Crippen MR) is 112 cm³/mol. The lowest BCUT2D eigenvalue weighted by molar-refractivity contribution is -0.124. The molecule has 0 bridgehead atoms. The van der Waals surface area contributed by atoms with E-state index < -0.39 is 5.41 Å². The Morgan fingerprint density at radius 1 is 1.27 bits per heavy atom. The van der Waals surface area contributed by atoms with Crippen LogP contribution in [0.5, 0.6) is 0 Å². The Balaban J connectivity index is 1.44. The van der Waals surface area contributed by atoms with Gasteiger partial charge in [0.05, 0.1) is 23.5 Å². The van der Waals surface area contributed by atoms with Gasteiger partial charge in [-0.25, -0.2) is 4.52 Å². The number of amides is 1. The molecule has 1 aliphatic carbocycles. The van der Waals surface area contributed by atoms with Crippen LogP contribution in [0, 0.1) is 28.6 Å². The van der Waals surface area contributed by atoms with Gasteiger partial charge in [0.15, 0.2) is 0 Å². The number of anilines is 1. The lowest BCUT2D eigenvalue weighted by atomic mass is 9.75. The van der Waals surface area contributed by atoms with E-state index in [0.29, 0.717) is 6.54 Å². The quantitative estimate of drug-likeness (QED) is 0.675. The van der Waals surface area contributed by atoms with Gasteiger partial charge in [0.25, 0.3) is 0 Å². The molecule has 2 atom stereocenters. The van der Waals surface area contributed by atoms with Crippen molar-refractivity contribution in [1.29, 1.82) is 5.26 Å². The SMILES string of the molecule is C[C@@H]1CN(c2ccnn3cc(-c4cnn5c4CCCC5)cc23)C(=O)[C@]1(C#N)C1CC1. The molecule has 3 aromatic rings. The van der Waals surface area contributed by atoms with Gasteiger partial charge in [-0.3, -0.25) is 9.48 Å². The van der Waals surface area contributed by atoms with Crippen LogP contribution in [0.4, 0.5) is 5.69 Å². The highest BCUT2D eigenvalue weighted by Crippen LogP contribution is 2.54. The highest BCUT2D eigenvalue weighted by atomic mass is 16.2. The maximum absolute atomic E-state index is 13.5. The molecule has 30 heavy (non-hydrogen) atoms. The van der Waals surface area contributed by atoms with Crippen molar-refractivity contribution in [1.82, 2.24) is 19.4 Å². The van der Waals surface area contributed by atoms with Crippen molar-refractivity contribution in [3.8, 4) is 17.2 Å². The van der Waals surface area contributed by atoms with Gasteiger partial charge in [0.2, 0.25) is 5.91 Å². The third-order valence-corrected chi connectivity index (χ3v) is 7.31. The number of fused-ring (bicyclic) bond motifs is 2. The largest absolute Gasteiger partial charge is 0.309 e. The van der Waals surface area contributed by atoms with E-state index in [-0.39, 0.29) is 17.7 Å². The van der Waals surface area contributed by atoms with Gasteiger partial charge in [-0.1, -0.05) is 6.92 Å². The molecule has 5 heterocycles. The van der Waals surface area contributed by atoms with Crippen molar-refractivity contribution >= 4 is 17.1 Å². The van der Waals surface area contributed by atoms with Crippen LogP contribution < -0.4 is 4.90 Å². The summed E-state index contributed by atoms with van der Waals surface area (Å²) in [6, 6.07) is 6.43. The minimum atomic E-state index is -0.874. The maximum Gasteiger partial charge on any atom is 0.248 e. The summed E-state index contributed by atoms with van der Waals surface area (Å²) in [5.74, 6) is 0.181. The maximum atomic E-state index is 13.5. The Hall–Kier alpha value is -3.14. The lowest BCUT2D eigenvalue weighted by Crippen LogP contribution is -2.37. The molecule has 0 radical (unpaired) electrons. The summed E-state index contributed by atoms with van der Waals surface area (Å²) in [5, 5.41) is 19.0. The highest BCUT2D eigenvalue weighted by molar-refractivity contribution is 6.05. The second-order valence-electron chi connectivity index (χ2n) is 9.03. The molecule has 7 nitrogen and oxygen atoms in total. The number of nitriles is 1. The van der Waals surface area contributed by atoms with Crippen LogP contribution in [0.2, 0.25) is 0 Å². The number of carbonyl (C=O) groups is 1. The van der Waals surface area contributed by atoms with Gasteiger partial charge >= 0.3 is 0 Å². The van der Waals surface area contributed by atoms with E-state index >= 15 is 0 Å². The van der Waals surface area contributed by atoms with Crippen molar-refractivity contribution < 1.29 is 4.79 Å². The van der Waals surface area contributed by atoms with Gasteiger partial charge in [-0.2, -0.15) is 15.5 Å². The first-order valence-electron chi connectivity index (χ1n) is 10.9. The van der Waals surface area contributed by atoms with Crippen molar-refractivity contribution in [3.63, 3.8) is 0 Å². The van der Waals surface area contributed by atoms with E-state index in [4.69, 9.17) is 0 Å². The van der Waals surface area contributed by atoms with Gasteiger partial charge in [0, 0.05) is 48.2 Å². The first kappa shape index (κ1) is 17.7. The van der Waals surface area contributed by atoms with Gasteiger partial charge in [0.1, 0.15) is 5.41 Å². The van der Waals surface area contributed by atoms with Gasteiger partial charge in [-0.05, 0) is 50.2 Å². The zero-order valence-electron chi connectivity index (χ0n) is 17.1. The monoisotopic (exact) mass is 400 g/mol. The minimum Gasteiger partial charge on any atom is -0.309 e. The first-order chi connectivity index (χ1) is 14.6. The lowest BCUT2D eigenvalue weighted by Gasteiger charge is -2.23. The average Bonchev–Trinajstić information content (AvgIpc) is 3.28. The molecule has 1 saturated carbocycles. The second kappa shape index (κ2) is 6.18. The van der Waals surface area contributed by atoms with Gasteiger partial charge < -0.3 is 4.90 Å². The van der Waals surface area contributed by atoms with E-state index in [2.05, 4.69) is 27.0 Å². The molecule has 1 amide bonds. The van der Waals surface area contributed by atoms with E-state index in [0.717, 1.165) is 48.1 Å². The van der Waals surface area contributed by atoms with Crippen molar-refractivity contribution in [3.05, 3.63) is 36.4 Å². The molecule has 152 valence electrons. The molecular weight excluding hydrogens is 376 g/mol. The predicted octanol–water partition coefficient (Wildman–Crippen LogP) is 3.44. The van der Waals surface area contributed by atoms with Crippen molar-refractivity contribution in [2.75, 3.05) is 11.4 Å². The summed E-state index contributed by atoms with van der Waals surface area (Å²) in [7, 11) is 0. The standard InChI is InChI=1S/C23H24N6O/c1-15-12-27(22(30)23(15,14-24)17-5-6-17)20-7-8-25-29-13-16(10-21(20)29)18-11-26-28-9-3-2-4-19(18)28/h7-8,10-11,13,15,17H,2-6,9,12H2,1H3/t15-,23+/m1/s1. The van der Waals surface area contributed by atoms with Crippen LogP contribution in [0.25, 0.3) is 16.6 Å². The number of aromatic nitrogens is 4. The zero-order valence-corrected chi connectivity index (χ0v) is 17.1. The third kappa shape index (κ3) is 2.28. The fourth-order valence-corrected chi connectivity index (χ4v) is 5.55. The average molecular weight is 400 g/mol. The number of carbonyl (C=O) groups excluding carboxylic acids is 1. The Morgan fingerprint density at radius 2 is 2.13 bits per heavy atom. The molecular formula is C23H24N6O. The second-order valence-corrected chi connectivity index (χ2v) is 9.03. The Morgan fingerprint density at radius 3 is 2.93 bits per heavy atom. The van der Waals surface area contributed by atoms with Gasteiger partial charge in [-0.15, -0.1) is 0 Å². The summed E-state index contributed by atoms with van der Waals surface area (Å²) in [6.45, 7) is 3.59. The Bertz CT molecular complexity index is 1210. The van der Waals surface area contributed by atoms with E-state index in [1.165, 1.54) is 18.5 Å². The van der Waals surface area contributed by atoms with Crippen LogP contribution in [0.3, 0.4) is 0 Å². The number of hydrogen-bond acceptors (Lipinski definition) is 4. The van der Waals surface area contributed by atoms with Crippen LogP contribution in [0.15, 0.2) is 30.7 Å². The summed E-state index contributed by atoms with van der Waals surface area (Å²) in [5.41, 5.74) is 4.37. The van der Waals surface area contributed by atoms with Crippen LogP contribution in [-0.2, 0) is 17.8 Å². The fourth-order valence-electron chi connectivity index (χ4n) is 5.55. The molecule has 6 rings (SSSR count). The summed E-state index contributed by atoms with van der Waals surface area (Å²) in [4.78, 5) is 15.3. The molecule has 2 aliphatic heterocycles. The normalized spacial score (nSPS) is 26.2. The van der Waals surface area contributed by atoms with E-state index in [9.17, 15) is 10.1 Å². The molecule has 0 spiro atoms. The number of aryl methyl sites for hydroxylation is 1. The summed E-state index contributed by atoms with van der Waals surface area (Å²) < 4.78 is 3.96. The number of hydrogen-bond donors (Lipinski definition) is 0. The molecule has 3 aliphatic rings. The smallest absolute Gasteiger partial charge is 0.248 e. The molecule has 0 unspecified atom stereocenters. The van der Waals surface area contributed by atoms with E-state index in [1.54, 1.807) is 6.20 Å². The van der Waals surface area contributed by atoms with E-state index in [1.807, 2.05) is 34.8 Å². The zero-order chi connectivity index (χ0) is 20.5. The fraction of sp³-hybridized carbons (Fsp3) is 0.478. The topological polar surface area (TPSA) is 79.2 Å². The molecule has 2 fully saturated rings. The van der Waals surface area contributed by atoms with Crippen LogP contribution in [-0.4, -0.2) is 31.8 Å². The number of nitrogens with zero attached hydrogens (tertiary/aromatic N) is 6. The minimum absolute atomic E-state index is 0.0211. The number of rotatable bonds is 3. The van der Waals surface area contributed by atoms with Crippen LogP contribution >= 0.6 is 0 Å². The van der Waals surface area contributed by atoms with Crippen molar-refractivity contribution in [2.24, 2.45) is 17.3 Å². The Labute approximate surface area is 174 Å². The van der Waals surface area contributed by atoms with Crippen molar-refractivity contribution in [2.45, 2.75) is 45.6 Å². The summed E-state index contributed by atoms with van der Waals surface area (Å²) in [6.07, 6.45) is 11.1. The Kier molecular flexibility index (Phi) is 3.64. The molecule has 3 aromatic heterocycles. The van der Waals surface area contributed by atoms with Crippen LogP contribution in [0.1, 0.15) is 38.3 Å². The molecule has 7 heteroatoms. The summed E-state index contributed by atoms with van der Waals surface area (Å²) >= 11 is 0. The molecule has 1 saturated heterocycles. The molecule has 0 N–H and O–H groups in total. The third-order valence-electron chi connectivity index (χ3n) is 7.31. The highest BCUT2D eigenvalue weighted by Gasteiger charge is 2.61. The molecule has 0 aromatic carbocycles.